The summed E-state index contributed by atoms with van der Waals surface area (Å²) in [6.45, 7) is 4.88. The van der Waals surface area contributed by atoms with Crippen molar-refractivity contribution in [3.63, 3.8) is 0 Å². The number of hydrogen-bond acceptors (Lipinski definition) is 7. The minimum atomic E-state index is -0.449. The van der Waals surface area contributed by atoms with Crippen molar-refractivity contribution in [1.29, 1.82) is 5.41 Å². The quantitative estimate of drug-likeness (QED) is 0.200. The van der Waals surface area contributed by atoms with Gasteiger partial charge < -0.3 is 16.5 Å². The SMILES string of the molecule is CCNN(CC)c1nc(Cl)c(-c2cccc(N)c2)n(CC(=O)NCc2ccc(C=N)cc2)c1=O. The number of anilines is 2. The van der Waals surface area contributed by atoms with E-state index in [1.54, 1.807) is 41.4 Å². The van der Waals surface area contributed by atoms with Gasteiger partial charge in [0.15, 0.2) is 5.15 Å². The van der Waals surface area contributed by atoms with Crippen LogP contribution in [0, 0.1) is 5.41 Å². The van der Waals surface area contributed by atoms with Crippen LogP contribution in [0.25, 0.3) is 11.3 Å². The van der Waals surface area contributed by atoms with Gasteiger partial charge in [0.25, 0.3) is 5.56 Å². The monoisotopic (exact) mass is 481 g/mol. The maximum absolute atomic E-state index is 13.5. The third kappa shape index (κ3) is 5.81. The van der Waals surface area contributed by atoms with Crippen LogP contribution in [0.15, 0.2) is 53.3 Å². The summed E-state index contributed by atoms with van der Waals surface area (Å²) in [4.78, 5) is 30.7. The van der Waals surface area contributed by atoms with E-state index in [1.165, 1.54) is 10.8 Å². The van der Waals surface area contributed by atoms with Crippen molar-refractivity contribution in [1.82, 2.24) is 20.3 Å². The van der Waals surface area contributed by atoms with E-state index in [1.807, 2.05) is 26.0 Å². The highest BCUT2D eigenvalue weighted by molar-refractivity contribution is 6.32. The lowest BCUT2D eigenvalue weighted by Gasteiger charge is -2.24. The molecule has 2 aromatic carbocycles. The Kier molecular flexibility index (Phi) is 8.39. The number of hydrazine groups is 1. The first-order valence-electron chi connectivity index (χ1n) is 10.9. The lowest BCUT2D eigenvalue weighted by molar-refractivity contribution is -0.121. The fourth-order valence-electron chi connectivity index (χ4n) is 3.47. The van der Waals surface area contributed by atoms with Crippen molar-refractivity contribution < 1.29 is 4.79 Å². The number of nitrogen functional groups attached to an aromatic ring is 1. The smallest absolute Gasteiger partial charge is 0.295 e. The lowest BCUT2D eigenvalue weighted by atomic mass is 10.1. The maximum Gasteiger partial charge on any atom is 0.295 e. The van der Waals surface area contributed by atoms with Crippen molar-refractivity contribution in [3.05, 3.63) is 75.2 Å². The molecule has 0 atom stereocenters. The van der Waals surface area contributed by atoms with Crippen LogP contribution in [0.5, 0.6) is 0 Å². The Hall–Kier alpha value is -3.69. The zero-order chi connectivity index (χ0) is 24.7. The molecule has 178 valence electrons. The fraction of sp³-hybridized carbons (Fsp3) is 0.250. The summed E-state index contributed by atoms with van der Waals surface area (Å²) in [5.41, 5.74) is 11.6. The second-order valence-electron chi connectivity index (χ2n) is 7.51. The second-order valence-corrected chi connectivity index (χ2v) is 7.87. The third-order valence-corrected chi connectivity index (χ3v) is 5.39. The minimum Gasteiger partial charge on any atom is -0.399 e. The van der Waals surface area contributed by atoms with Crippen LogP contribution < -0.4 is 27.0 Å². The summed E-state index contributed by atoms with van der Waals surface area (Å²) in [5, 5.41) is 11.8. The molecule has 10 heteroatoms. The van der Waals surface area contributed by atoms with Gasteiger partial charge in [-0.05, 0) is 30.2 Å². The Bertz CT molecular complexity index is 1220. The zero-order valence-corrected chi connectivity index (χ0v) is 19.9. The number of rotatable bonds is 10. The van der Waals surface area contributed by atoms with Gasteiger partial charge in [0.2, 0.25) is 11.7 Å². The predicted octanol–water partition coefficient (Wildman–Crippen LogP) is 2.81. The van der Waals surface area contributed by atoms with Gasteiger partial charge in [-0.25, -0.2) is 10.4 Å². The van der Waals surface area contributed by atoms with Crippen LogP contribution in [-0.2, 0) is 17.9 Å². The average Bonchev–Trinajstić information content (AvgIpc) is 2.83. The zero-order valence-electron chi connectivity index (χ0n) is 19.1. The Labute approximate surface area is 203 Å². The molecule has 1 heterocycles. The molecule has 0 saturated carbocycles. The number of nitrogens with one attached hydrogen (secondary N) is 3. The van der Waals surface area contributed by atoms with E-state index in [9.17, 15) is 9.59 Å². The number of benzene rings is 2. The molecule has 9 nitrogen and oxygen atoms in total. The molecule has 0 radical (unpaired) electrons. The summed E-state index contributed by atoms with van der Waals surface area (Å²) in [5.74, 6) is -0.250. The maximum atomic E-state index is 13.5. The number of halogens is 1. The van der Waals surface area contributed by atoms with Crippen molar-refractivity contribution in [2.24, 2.45) is 0 Å². The number of nitrogens with two attached hydrogens (primary N) is 1. The Morgan fingerprint density at radius 2 is 1.97 bits per heavy atom. The third-order valence-electron chi connectivity index (χ3n) is 5.12. The highest BCUT2D eigenvalue weighted by Gasteiger charge is 2.22. The molecule has 0 aliphatic carbocycles. The van der Waals surface area contributed by atoms with Crippen LogP contribution >= 0.6 is 11.6 Å². The van der Waals surface area contributed by atoms with E-state index in [4.69, 9.17) is 22.7 Å². The molecular formula is C24H28ClN7O2. The van der Waals surface area contributed by atoms with Crippen molar-refractivity contribution in [2.75, 3.05) is 23.8 Å². The van der Waals surface area contributed by atoms with Crippen molar-refractivity contribution >= 4 is 35.2 Å². The van der Waals surface area contributed by atoms with Gasteiger partial charge in [-0.3, -0.25) is 19.2 Å². The summed E-state index contributed by atoms with van der Waals surface area (Å²) in [6.07, 6.45) is 1.25. The van der Waals surface area contributed by atoms with Crippen LogP contribution in [0.4, 0.5) is 11.5 Å². The van der Waals surface area contributed by atoms with E-state index in [0.29, 0.717) is 30.0 Å². The van der Waals surface area contributed by atoms with Crippen LogP contribution in [0.1, 0.15) is 25.0 Å². The number of carbonyl (C=O) groups is 1. The molecule has 0 aliphatic heterocycles. The molecule has 34 heavy (non-hydrogen) atoms. The molecule has 0 fully saturated rings. The lowest BCUT2D eigenvalue weighted by Crippen LogP contribution is -2.44. The molecule has 1 amide bonds. The number of nitrogens with zero attached hydrogens (tertiary/aromatic N) is 3. The van der Waals surface area contributed by atoms with E-state index in [0.717, 1.165) is 11.1 Å². The predicted molar refractivity (Wildman–Crippen MR) is 136 cm³/mol. The molecule has 0 aliphatic rings. The van der Waals surface area contributed by atoms with Gasteiger partial charge in [-0.15, -0.1) is 0 Å². The van der Waals surface area contributed by atoms with Crippen LogP contribution in [0.3, 0.4) is 0 Å². The van der Waals surface area contributed by atoms with Gasteiger partial charge >= 0.3 is 0 Å². The largest absolute Gasteiger partial charge is 0.399 e. The molecule has 0 bridgehead atoms. The van der Waals surface area contributed by atoms with E-state index in [-0.39, 0.29) is 30.0 Å². The number of carbonyl (C=O) groups excluding carboxylic acids is 1. The molecule has 1 aromatic heterocycles. The van der Waals surface area contributed by atoms with Gasteiger partial charge in [0.05, 0.1) is 5.69 Å². The Morgan fingerprint density at radius 3 is 2.59 bits per heavy atom. The second kappa shape index (κ2) is 11.4. The van der Waals surface area contributed by atoms with Crippen LogP contribution in [0.2, 0.25) is 5.15 Å². The van der Waals surface area contributed by atoms with E-state index >= 15 is 0 Å². The van der Waals surface area contributed by atoms with Crippen molar-refractivity contribution in [2.45, 2.75) is 26.9 Å². The summed E-state index contributed by atoms with van der Waals surface area (Å²) in [6, 6.07) is 14.2. The first-order chi connectivity index (χ1) is 16.4. The molecule has 3 rings (SSSR count). The number of amides is 1. The molecule has 0 saturated heterocycles. The average molecular weight is 482 g/mol. The highest BCUT2D eigenvalue weighted by Crippen LogP contribution is 2.28. The van der Waals surface area contributed by atoms with Gasteiger partial charge in [-0.1, -0.05) is 54.9 Å². The number of hydrogen-bond donors (Lipinski definition) is 4. The summed E-state index contributed by atoms with van der Waals surface area (Å²) < 4.78 is 1.33. The molecule has 0 spiro atoms. The van der Waals surface area contributed by atoms with Gasteiger partial charge in [0, 0.05) is 37.1 Å². The Morgan fingerprint density at radius 1 is 1.24 bits per heavy atom. The minimum absolute atomic E-state index is 0.0894. The van der Waals surface area contributed by atoms with Crippen LogP contribution in [-0.4, -0.2) is 34.8 Å². The topological polar surface area (TPSA) is 129 Å². The number of aromatic nitrogens is 2. The summed E-state index contributed by atoms with van der Waals surface area (Å²) in [7, 11) is 0. The van der Waals surface area contributed by atoms with E-state index < -0.39 is 5.56 Å². The van der Waals surface area contributed by atoms with Gasteiger partial charge in [0.1, 0.15) is 6.54 Å². The summed E-state index contributed by atoms with van der Waals surface area (Å²) >= 11 is 6.56. The normalized spacial score (nSPS) is 10.7. The van der Waals surface area contributed by atoms with Crippen molar-refractivity contribution in [3.8, 4) is 11.3 Å². The highest BCUT2D eigenvalue weighted by atomic mass is 35.5. The first-order valence-corrected chi connectivity index (χ1v) is 11.3. The van der Waals surface area contributed by atoms with E-state index in [2.05, 4.69) is 15.7 Å². The molecule has 0 unspecified atom stereocenters. The molecule has 5 N–H and O–H groups in total. The fourth-order valence-corrected chi connectivity index (χ4v) is 3.77. The first kappa shape index (κ1) is 24.9. The Balaban J connectivity index is 1.97. The standard InChI is InChI=1S/C24H28ClN7O2/c1-3-29-32(4-2)23-24(34)31(21(22(25)30-23)18-6-5-7-19(27)12-18)15-20(33)28-14-17-10-8-16(13-26)9-11-17/h5-13,26,29H,3-4,14-15,27H2,1-2H3,(H,28,33). The molecular weight excluding hydrogens is 454 g/mol. The van der Waals surface area contributed by atoms with Gasteiger partial charge in [-0.2, -0.15) is 0 Å². The molecule has 3 aromatic rings.